The van der Waals surface area contributed by atoms with Crippen LogP contribution in [0.1, 0.15) is 11.1 Å². The number of anilines is 1. The van der Waals surface area contributed by atoms with Crippen LogP contribution in [-0.2, 0) is 16.4 Å². The maximum Gasteiger partial charge on any atom is 0.261 e. The van der Waals surface area contributed by atoms with Crippen LogP contribution in [0.2, 0.25) is 0 Å². The maximum atomic E-state index is 12.7. The Bertz CT molecular complexity index is 1330. The van der Waals surface area contributed by atoms with E-state index >= 15 is 0 Å². The second kappa shape index (κ2) is 6.63. The van der Waals surface area contributed by atoms with Crippen molar-refractivity contribution in [3.05, 3.63) is 78.1 Å². The van der Waals surface area contributed by atoms with Gasteiger partial charge in [0.05, 0.1) is 17.2 Å². The minimum absolute atomic E-state index is 0.238. The van der Waals surface area contributed by atoms with E-state index < -0.39 is 10.0 Å². The van der Waals surface area contributed by atoms with Crippen LogP contribution < -0.4 is 9.46 Å². The summed E-state index contributed by atoms with van der Waals surface area (Å²) >= 11 is 0. The molecule has 0 saturated carbocycles. The summed E-state index contributed by atoms with van der Waals surface area (Å²) < 4.78 is 35.6. The van der Waals surface area contributed by atoms with Crippen LogP contribution in [-0.4, -0.2) is 24.4 Å². The molecule has 3 heterocycles. The van der Waals surface area contributed by atoms with Crippen LogP contribution in [0.15, 0.2) is 71.9 Å². The Hall–Kier alpha value is -3.32. The third-order valence-electron chi connectivity index (χ3n) is 5.08. The van der Waals surface area contributed by atoms with Crippen molar-refractivity contribution < 1.29 is 13.2 Å². The Morgan fingerprint density at radius 2 is 1.93 bits per heavy atom. The Labute approximate surface area is 168 Å². The molecule has 0 spiro atoms. The average Bonchev–Trinajstić information content (AvgIpc) is 3.35. The second-order valence-corrected chi connectivity index (χ2v) is 8.78. The zero-order valence-electron chi connectivity index (χ0n) is 15.8. The molecule has 2 aromatic carbocycles. The van der Waals surface area contributed by atoms with Crippen molar-refractivity contribution in [1.82, 2.24) is 9.38 Å². The second-order valence-electron chi connectivity index (χ2n) is 7.10. The molecule has 1 aliphatic heterocycles. The normalized spacial score (nSPS) is 13.3. The number of ether oxygens (including phenoxy) is 1. The number of hydrogen-bond donors (Lipinski definition) is 1. The summed E-state index contributed by atoms with van der Waals surface area (Å²) in [5, 5.41) is 0. The number of sulfonamides is 1. The van der Waals surface area contributed by atoms with E-state index in [-0.39, 0.29) is 4.90 Å². The van der Waals surface area contributed by atoms with Crippen LogP contribution in [0.25, 0.3) is 16.9 Å². The molecule has 1 N–H and O–H groups in total. The van der Waals surface area contributed by atoms with Gasteiger partial charge in [-0.3, -0.25) is 4.72 Å². The molecule has 0 bridgehead atoms. The maximum absolute atomic E-state index is 12.7. The molecule has 1 aliphatic rings. The lowest BCUT2D eigenvalue weighted by Gasteiger charge is -2.09. The molecular formula is C22H19N3O3S. The SMILES string of the molecule is Cc1cccn2cc(-c3ccc(NS(=O)(=O)c4ccc5c(c4)CCO5)cc3)nc12. The first-order valence-corrected chi connectivity index (χ1v) is 10.8. The molecule has 29 heavy (non-hydrogen) atoms. The predicted octanol–water partition coefficient (Wildman–Crippen LogP) is 4.05. The first-order valence-electron chi connectivity index (χ1n) is 9.33. The molecule has 4 aromatic rings. The number of nitrogens with one attached hydrogen (secondary N) is 1. The molecule has 146 valence electrons. The molecule has 0 aliphatic carbocycles. The molecule has 2 aromatic heterocycles. The number of aromatic nitrogens is 2. The molecular weight excluding hydrogens is 386 g/mol. The highest BCUT2D eigenvalue weighted by Crippen LogP contribution is 2.29. The van der Waals surface area contributed by atoms with Gasteiger partial charge in [-0.05, 0) is 54.4 Å². The highest BCUT2D eigenvalue weighted by atomic mass is 32.2. The van der Waals surface area contributed by atoms with E-state index in [2.05, 4.69) is 9.71 Å². The fourth-order valence-corrected chi connectivity index (χ4v) is 4.65. The van der Waals surface area contributed by atoms with Crippen LogP contribution in [0.3, 0.4) is 0 Å². The van der Waals surface area contributed by atoms with Gasteiger partial charge in [-0.25, -0.2) is 13.4 Å². The minimum atomic E-state index is -3.66. The van der Waals surface area contributed by atoms with Crippen LogP contribution in [0.4, 0.5) is 5.69 Å². The quantitative estimate of drug-likeness (QED) is 0.556. The molecule has 6 nitrogen and oxygen atoms in total. The van der Waals surface area contributed by atoms with Crippen molar-refractivity contribution >= 4 is 21.4 Å². The number of aryl methyl sites for hydroxylation is 1. The number of benzene rings is 2. The Morgan fingerprint density at radius 1 is 1.10 bits per heavy atom. The third kappa shape index (κ3) is 3.23. The van der Waals surface area contributed by atoms with Gasteiger partial charge in [0.15, 0.2) is 0 Å². The predicted molar refractivity (Wildman–Crippen MR) is 112 cm³/mol. The van der Waals surface area contributed by atoms with Crippen molar-refractivity contribution in [1.29, 1.82) is 0 Å². The first-order chi connectivity index (χ1) is 14.0. The van der Waals surface area contributed by atoms with E-state index in [1.54, 1.807) is 30.3 Å². The summed E-state index contributed by atoms with van der Waals surface area (Å²) in [6.45, 7) is 2.62. The molecule has 5 rings (SSSR count). The smallest absolute Gasteiger partial charge is 0.261 e. The van der Waals surface area contributed by atoms with Gasteiger partial charge in [-0.2, -0.15) is 0 Å². The third-order valence-corrected chi connectivity index (χ3v) is 6.46. The number of nitrogens with zero attached hydrogens (tertiary/aromatic N) is 2. The highest BCUT2D eigenvalue weighted by Gasteiger charge is 2.19. The summed E-state index contributed by atoms with van der Waals surface area (Å²) in [5.74, 6) is 0.760. The lowest BCUT2D eigenvalue weighted by atomic mass is 10.1. The molecule has 0 atom stereocenters. The van der Waals surface area contributed by atoms with Gasteiger partial charge in [0.25, 0.3) is 10.0 Å². The zero-order chi connectivity index (χ0) is 20.0. The first kappa shape index (κ1) is 17.8. The van der Waals surface area contributed by atoms with Gasteiger partial charge in [-0.1, -0.05) is 18.2 Å². The van der Waals surface area contributed by atoms with Gasteiger partial charge >= 0.3 is 0 Å². The van der Waals surface area contributed by atoms with E-state index in [4.69, 9.17) is 4.74 Å². The number of fused-ring (bicyclic) bond motifs is 2. The summed E-state index contributed by atoms with van der Waals surface area (Å²) in [4.78, 5) is 4.92. The van der Waals surface area contributed by atoms with Gasteiger partial charge < -0.3 is 9.14 Å². The van der Waals surface area contributed by atoms with E-state index in [9.17, 15) is 8.42 Å². The minimum Gasteiger partial charge on any atom is -0.493 e. The lowest BCUT2D eigenvalue weighted by molar-refractivity contribution is 0.356. The van der Waals surface area contributed by atoms with Gasteiger partial charge in [-0.15, -0.1) is 0 Å². The average molecular weight is 405 g/mol. The van der Waals surface area contributed by atoms with Crippen molar-refractivity contribution in [2.75, 3.05) is 11.3 Å². The van der Waals surface area contributed by atoms with E-state index in [1.165, 1.54) is 0 Å². The van der Waals surface area contributed by atoms with Crippen LogP contribution >= 0.6 is 0 Å². The Morgan fingerprint density at radius 3 is 2.72 bits per heavy atom. The van der Waals surface area contributed by atoms with Gasteiger partial charge in [0.1, 0.15) is 11.4 Å². The summed E-state index contributed by atoms with van der Waals surface area (Å²) in [7, 11) is -3.66. The van der Waals surface area contributed by atoms with Crippen molar-refractivity contribution in [3.8, 4) is 17.0 Å². The van der Waals surface area contributed by atoms with Crippen LogP contribution in [0, 0.1) is 6.92 Å². The molecule has 0 radical (unpaired) electrons. The van der Waals surface area contributed by atoms with Gasteiger partial charge in [0, 0.05) is 30.1 Å². The van der Waals surface area contributed by atoms with Crippen molar-refractivity contribution in [3.63, 3.8) is 0 Å². The standard InChI is InChI=1S/C22H19N3O3S/c1-15-3-2-11-25-14-20(23-22(15)25)16-4-6-18(7-5-16)24-29(26,27)19-8-9-21-17(13-19)10-12-28-21/h2-9,11,13-14,24H,10,12H2,1H3. The molecule has 0 fully saturated rings. The Kier molecular flexibility index (Phi) is 4.06. The monoisotopic (exact) mass is 405 g/mol. The van der Waals surface area contributed by atoms with Crippen molar-refractivity contribution in [2.45, 2.75) is 18.2 Å². The lowest BCUT2D eigenvalue weighted by Crippen LogP contribution is -2.13. The Balaban J connectivity index is 1.40. The zero-order valence-corrected chi connectivity index (χ0v) is 16.6. The number of hydrogen-bond acceptors (Lipinski definition) is 4. The largest absolute Gasteiger partial charge is 0.493 e. The van der Waals surface area contributed by atoms with Gasteiger partial charge in [0.2, 0.25) is 0 Å². The van der Waals surface area contributed by atoms with Crippen LogP contribution in [0.5, 0.6) is 5.75 Å². The fraction of sp³-hybridized carbons (Fsp3) is 0.136. The van der Waals surface area contributed by atoms with E-state index in [1.807, 2.05) is 48.0 Å². The molecule has 0 saturated heterocycles. The van der Waals surface area contributed by atoms with E-state index in [0.29, 0.717) is 12.3 Å². The molecule has 0 amide bonds. The topological polar surface area (TPSA) is 72.7 Å². The summed E-state index contributed by atoms with van der Waals surface area (Å²) in [6, 6.07) is 16.2. The van der Waals surface area contributed by atoms with Crippen molar-refractivity contribution in [2.24, 2.45) is 0 Å². The molecule has 0 unspecified atom stereocenters. The molecule has 7 heteroatoms. The summed E-state index contributed by atoms with van der Waals surface area (Å²) in [5.41, 5.74) is 5.20. The van der Waals surface area contributed by atoms with E-state index in [0.717, 1.165) is 40.2 Å². The fourth-order valence-electron chi connectivity index (χ4n) is 3.55. The number of imidazole rings is 1. The number of pyridine rings is 1. The number of rotatable bonds is 4. The summed E-state index contributed by atoms with van der Waals surface area (Å²) in [6.07, 6.45) is 4.66. The highest BCUT2D eigenvalue weighted by molar-refractivity contribution is 7.92.